The summed E-state index contributed by atoms with van der Waals surface area (Å²) in [6.07, 6.45) is 1.40. The maximum atomic E-state index is 12.4. The highest BCUT2D eigenvalue weighted by atomic mass is 35.5. The standard InChI is InChI=1S/C16H14ClNO3/c1-10(14-9-11-5-3-4-6-13(11)21-14)18(2)16(19)12-7-8-20-15(12)17/h3-10H,1-2H3. The van der Waals surface area contributed by atoms with Crippen LogP contribution in [0, 0.1) is 0 Å². The van der Waals surface area contributed by atoms with E-state index in [1.165, 1.54) is 6.26 Å². The first-order valence-corrected chi connectivity index (χ1v) is 6.94. The van der Waals surface area contributed by atoms with Crippen molar-refractivity contribution in [1.82, 2.24) is 4.90 Å². The Morgan fingerprint density at radius 1 is 1.29 bits per heavy atom. The molecule has 0 aliphatic rings. The number of amides is 1. The van der Waals surface area contributed by atoms with Gasteiger partial charge in [-0.25, -0.2) is 0 Å². The summed E-state index contributed by atoms with van der Waals surface area (Å²) in [5.74, 6) is 0.522. The van der Waals surface area contributed by atoms with Crippen LogP contribution >= 0.6 is 11.6 Å². The summed E-state index contributed by atoms with van der Waals surface area (Å²) in [5.41, 5.74) is 1.16. The van der Waals surface area contributed by atoms with Crippen LogP contribution in [0.2, 0.25) is 5.22 Å². The number of carbonyl (C=O) groups excluding carboxylic acids is 1. The van der Waals surface area contributed by atoms with E-state index in [2.05, 4.69) is 0 Å². The molecule has 0 fully saturated rings. The van der Waals surface area contributed by atoms with Crippen LogP contribution in [-0.4, -0.2) is 17.9 Å². The third-order valence-electron chi connectivity index (χ3n) is 3.61. The molecule has 0 radical (unpaired) electrons. The number of furan rings is 2. The Morgan fingerprint density at radius 2 is 2.05 bits per heavy atom. The van der Waals surface area contributed by atoms with E-state index in [-0.39, 0.29) is 17.2 Å². The molecule has 0 N–H and O–H groups in total. The van der Waals surface area contributed by atoms with Gasteiger partial charge in [-0.05, 0) is 36.7 Å². The fourth-order valence-corrected chi connectivity index (χ4v) is 2.41. The predicted molar refractivity (Wildman–Crippen MR) is 80.4 cm³/mol. The highest BCUT2D eigenvalue weighted by Crippen LogP contribution is 2.28. The Labute approximate surface area is 126 Å². The zero-order valence-corrected chi connectivity index (χ0v) is 12.4. The number of rotatable bonds is 3. The topological polar surface area (TPSA) is 46.6 Å². The molecule has 5 heteroatoms. The van der Waals surface area contributed by atoms with Crippen LogP contribution in [0.3, 0.4) is 0 Å². The van der Waals surface area contributed by atoms with Gasteiger partial charge in [-0.3, -0.25) is 4.79 Å². The monoisotopic (exact) mass is 303 g/mol. The molecule has 2 aromatic heterocycles. The van der Waals surface area contributed by atoms with Crippen molar-refractivity contribution >= 4 is 28.5 Å². The van der Waals surface area contributed by atoms with Gasteiger partial charge in [0.15, 0.2) is 0 Å². The lowest BCUT2D eigenvalue weighted by Gasteiger charge is -2.22. The molecule has 1 aromatic carbocycles. The molecule has 0 bridgehead atoms. The molecule has 3 aromatic rings. The Morgan fingerprint density at radius 3 is 2.71 bits per heavy atom. The number of hydrogen-bond donors (Lipinski definition) is 0. The summed E-state index contributed by atoms with van der Waals surface area (Å²) in [7, 11) is 1.71. The Balaban J connectivity index is 1.88. The van der Waals surface area contributed by atoms with Crippen molar-refractivity contribution in [2.45, 2.75) is 13.0 Å². The molecule has 2 heterocycles. The maximum Gasteiger partial charge on any atom is 0.259 e. The Bertz CT molecular complexity index is 757. The van der Waals surface area contributed by atoms with Crippen molar-refractivity contribution in [3.8, 4) is 0 Å². The summed E-state index contributed by atoms with van der Waals surface area (Å²) < 4.78 is 10.8. The van der Waals surface area contributed by atoms with Crippen molar-refractivity contribution in [3.63, 3.8) is 0 Å². The first kappa shape index (κ1) is 13.8. The molecule has 0 saturated carbocycles. The van der Waals surface area contributed by atoms with Gasteiger partial charge < -0.3 is 13.7 Å². The third-order valence-corrected chi connectivity index (χ3v) is 3.90. The molecule has 1 atom stereocenters. The van der Waals surface area contributed by atoms with Gasteiger partial charge in [0.2, 0.25) is 5.22 Å². The Hall–Kier alpha value is -2.20. The first-order valence-electron chi connectivity index (χ1n) is 6.56. The largest absolute Gasteiger partial charge is 0.459 e. The van der Waals surface area contributed by atoms with Gasteiger partial charge >= 0.3 is 0 Å². The fraction of sp³-hybridized carbons (Fsp3) is 0.188. The van der Waals surface area contributed by atoms with Crippen molar-refractivity contribution in [2.75, 3.05) is 7.05 Å². The van der Waals surface area contributed by atoms with Crippen LogP contribution in [0.25, 0.3) is 11.0 Å². The molecule has 4 nitrogen and oxygen atoms in total. The molecular weight excluding hydrogens is 290 g/mol. The van der Waals surface area contributed by atoms with Gasteiger partial charge in [0.05, 0.1) is 17.9 Å². The summed E-state index contributed by atoms with van der Waals surface area (Å²) in [6, 6.07) is 11.0. The van der Waals surface area contributed by atoms with E-state index in [1.54, 1.807) is 18.0 Å². The molecule has 0 aliphatic carbocycles. The normalized spacial score (nSPS) is 12.5. The van der Waals surface area contributed by atoms with E-state index in [0.717, 1.165) is 16.7 Å². The quantitative estimate of drug-likeness (QED) is 0.715. The van der Waals surface area contributed by atoms with Crippen LogP contribution in [0.1, 0.15) is 29.1 Å². The summed E-state index contributed by atoms with van der Waals surface area (Å²) >= 11 is 5.86. The van der Waals surface area contributed by atoms with Crippen molar-refractivity contribution in [1.29, 1.82) is 0 Å². The molecule has 0 aliphatic heterocycles. The van der Waals surface area contributed by atoms with Crippen LogP contribution in [0.15, 0.2) is 51.5 Å². The van der Waals surface area contributed by atoms with Gasteiger partial charge in [0.1, 0.15) is 11.3 Å². The van der Waals surface area contributed by atoms with E-state index in [1.807, 2.05) is 37.3 Å². The molecule has 1 amide bonds. The second kappa shape index (κ2) is 5.30. The van der Waals surface area contributed by atoms with E-state index >= 15 is 0 Å². The van der Waals surface area contributed by atoms with E-state index in [0.29, 0.717) is 5.56 Å². The number of benzene rings is 1. The highest BCUT2D eigenvalue weighted by molar-refractivity contribution is 6.32. The fourth-order valence-electron chi connectivity index (χ4n) is 2.21. The van der Waals surface area contributed by atoms with Crippen LogP contribution in [0.5, 0.6) is 0 Å². The Kier molecular flexibility index (Phi) is 3.47. The van der Waals surface area contributed by atoms with Gasteiger partial charge in [-0.2, -0.15) is 0 Å². The predicted octanol–water partition coefficient (Wildman–Crippen LogP) is 4.51. The number of halogens is 1. The highest BCUT2D eigenvalue weighted by Gasteiger charge is 2.24. The lowest BCUT2D eigenvalue weighted by Crippen LogP contribution is -2.29. The molecule has 0 saturated heterocycles. The lowest BCUT2D eigenvalue weighted by molar-refractivity contribution is 0.0727. The van der Waals surface area contributed by atoms with Crippen molar-refractivity contribution < 1.29 is 13.6 Å². The van der Waals surface area contributed by atoms with Crippen molar-refractivity contribution in [2.24, 2.45) is 0 Å². The average molecular weight is 304 g/mol. The van der Waals surface area contributed by atoms with Crippen LogP contribution in [0.4, 0.5) is 0 Å². The smallest absolute Gasteiger partial charge is 0.259 e. The van der Waals surface area contributed by atoms with Gasteiger partial charge in [0.25, 0.3) is 5.91 Å². The molecular formula is C16H14ClNO3. The minimum atomic E-state index is -0.212. The first-order chi connectivity index (χ1) is 10.1. The summed E-state index contributed by atoms with van der Waals surface area (Å²) in [4.78, 5) is 14.0. The number of hydrogen-bond acceptors (Lipinski definition) is 3. The molecule has 1 unspecified atom stereocenters. The van der Waals surface area contributed by atoms with E-state index in [4.69, 9.17) is 20.4 Å². The zero-order valence-electron chi connectivity index (χ0n) is 11.7. The molecule has 0 spiro atoms. The van der Waals surface area contributed by atoms with Crippen LogP contribution < -0.4 is 0 Å². The molecule has 108 valence electrons. The number of carbonyl (C=O) groups is 1. The summed E-state index contributed by atoms with van der Waals surface area (Å²) in [5, 5.41) is 1.12. The van der Waals surface area contributed by atoms with E-state index < -0.39 is 0 Å². The van der Waals surface area contributed by atoms with E-state index in [9.17, 15) is 4.79 Å². The summed E-state index contributed by atoms with van der Waals surface area (Å²) in [6.45, 7) is 1.91. The van der Waals surface area contributed by atoms with Crippen LogP contribution in [-0.2, 0) is 0 Å². The maximum absolute atomic E-state index is 12.4. The second-order valence-corrected chi connectivity index (χ2v) is 5.23. The average Bonchev–Trinajstić information content (AvgIpc) is 3.10. The SMILES string of the molecule is CC(c1cc2ccccc2o1)N(C)C(=O)c1ccoc1Cl. The zero-order chi connectivity index (χ0) is 15.0. The number of fused-ring (bicyclic) bond motifs is 1. The molecule has 21 heavy (non-hydrogen) atoms. The minimum absolute atomic E-state index is 0.101. The number of para-hydroxylation sites is 1. The van der Waals surface area contributed by atoms with Gasteiger partial charge in [-0.15, -0.1) is 0 Å². The van der Waals surface area contributed by atoms with Gasteiger partial charge in [0, 0.05) is 12.4 Å². The third kappa shape index (κ3) is 2.43. The second-order valence-electron chi connectivity index (χ2n) is 4.89. The lowest BCUT2D eigenvalue weighted by atomic mass is 10.2. The van der Waals surface area contributed by atoms with Gasteiger partial charge in [-0.1, -0.05) is 18.2 Å². The minimum Gasteiger partial charge on any atom is -0.459 e. The number of nitrogens with zero attached hydrogens (tertiary/aromatic N) is 1. The van der Waals surface area contributed by atoms with Crippen molar-refractivity contribution in [3.05, 3.63) is 59.2 Å². The molecule has 3 rings (SSSR count).